The number of aromatic nitrogens is 2. The fourth-order valence-electron chi connectivity index (χ4n) is 6.31. The Hall–Kier alpha value is -2.62. The van der Waals surface area contributed by atoms with Gasteiger partial charge in [0.25, 0.3) is 0 Å². The number of nitrogen functional groups attached to an aromatic ring is 1. The lowest BCUT2D eigenvalue weighted by atomic mass is 9.78. The highest BCUT2D eigenvalue weighted by Crippen LogP contribution is 2.44. The fourth-order valence-corrected chi connectivity index (χ4v) is 6.31. The van der Waals surface area contributed by atoms with Crippen molar-refractivity contribution in [1.29, 1.82) is 0 Å². The van der Waals surface area contributed by atoms with Crippen molar-refractivity contribution in [2.75, 3.05) is 43.4 Å². The summed E-state index contributed by atoms with van der Waals surface area (Å²) in [5, 5.41) is 9.30. The molecule has 33 heavy (non-hydrogen) atoms. The van der Waals surface area contributed by atoms with Crippen molar-refractivity contribution in [3.05, 3.63) is 12.3 Å². The quantitative estimate of drug-likeness (QED) is 0.681. The Bertz CT molecular complexity index is 883. The molecule has 0 aromatic carbocycles. The number of hydrogen-bond acceptors (Lipinski definition) is 8. The van der Waals surface area contributed by atoms with Crippen LogP contribution < -0.4 is 10.6 Å². The molecule has 1 aliphatic carbocycles. The Labute approximate surface area is 194 Å². The highest BCUT2D eigenvalue weighted by atomic mass is 16.6. The molecule has 4 aliphatic rings. The van der Waals surface area contributed by atoms with Gasteiger partial charge < -0.3 is 20.5 Å². The van der Waals surface area contributed by atoms with Gasteiger partial charge >= 0.3 is 12.1 Å². The van der Waals surface area contributed by atoms with E-state index < -0.39 is 11.6 Å². The monoisotopic (exact) mass is 458 g/mol. The smallest absolute Gasteiger partial charge is 0.411 e. The lowest BCUT2D eigenvalue weighted by molar-refractivity contribution is -0.143. The van der Waals surface area contributed by atoms with E-state index in [4.69, 9.17) is 10.5 Å². The molecule has 3 aliphatic heterocycles. The molecule has 2 atom stereocenters. The molecule has 3 saturated heterocycles. The molecular weight excluding hydrogens is 424 g/mol. The summed E-state index contributed by atoms with van der Waals surface area (Å²) >= 11 is 0. The molecule has 10 nitrogen and oxygen atoms in total. The molecule has 10 heteroatoms. The van der Waals surface area contributed by atoms with Crippen LogP contribution in [0.3, 0.4) is 0 Å². The maximum atomic E-state index is 13.2. The molecule has 1 aromatic heterocycles. The minimum absolute atomic E-state index is 0.0993. The molecule has 0 spiro atoms. The second kappa shape index (κ2) is 8.96. The number of hydrogen-bond donors (Lipinski definition) is 2. The van der Waals surface area contributed by atoms with Crippen LogP contribution in [0.1, 0.15) is 51.4 Å². The maximum Gasteiger partial charge on any atom is 0.411 e. The molecule has 5 rings (SSSR count). The molecule has 2 unspecified atom stereocenters. The van der Waals surface area contributed by atoms with Crippen molar-refractivity contribution in [2.45, 2.75) is 69.1 Å². The lowest BCUT2D eigenvalue weighted by Crippen LogP contribution is -2.58. The van der Waals surface area contributed by atoms with Gasteiger partial charge in [0.1, 0.15) is 11.4 Å². The summed E-state index contributed by atoms with van der Waals surface area (Å²) in [5.41, 5.74) is 5.28. The van der Waals surface area contributed by atoms with E-state index >= 15 is 0 Å². The molecule has 4 heterocycles. The van der Waals surface area contributed by atoms with Gasteiger partial charge in [0.15, 0.2) is 0 Å². The number of ether oxygens (including phenoxy) is 1. The van der Waals surface area contributed by atoms with Crippen LogP contribution in [0.2, 0.25) is 0 Å². The molecule has 180 valence electrons. The number of nitrogens with zero attached hydrogens (tertiary/aromatic N) is 5. The minimum Gasteiger partial charge on any atom is -0.481 e. The van der Waals surface area contributed by atoms with Crippen LogP contribution in [0.15, 0.2) is 12.3 Å². The van der Waals surface area contributed by atoms with Gasteiger partial charge in [-0.3, -0.25) is 14.6 Å². The number of likely N-dealkylation sites (tertiary alicyclic amines) is 1. The van der Waals surface area contributed by atoms with E-state index in [9.17, 15) is 14.7 Å². The first-order chi connectivity index (χ1) is 15.9. The zero-order chi connectivity index (χ0) is 23.0. The summed E-state index contributed by atoms with van der Waals surface area (Å²) < 4.78 is 6.20. The van der Waals surface area contributed by atoms with Crippen molar-refractivity contribution < 1.29 is 19.4 Å². The summed E-state index contributed by atoms with van der Waals surface area (Å²) in [6.07, 6.45) is 8.61. The second-order valence-corrected chi connectivity index (χ2v) is 9.98. The van der Waals surface area contributed by atoms with Crippen LogP contribution >= 0.6 is 0 Å². The van der Waals surface area contributed by atoms with Gasteiger partial charge in [-0.25, -0.2) is 9.78 Å². The molecule has 1 saturated carbocycles. The molecule has 0 bridgehead atoms. The van der Waals surface area contributed by atoms with Crippen molar-refractivity contribution in [3.8, 4) is 0 Å². The third-order valence-corrected chi connectivity index (χ3v) is 8.04. The molecule has 1 aromatic rings. The van der Waals surface area contributed by atoms with E-state index in [1.165, 1.54) is 0 Å². The van der Waals surface area contributed by atoms with Gasteiger partial charge in [0, 0.05) is 31.9 Å². The molecule has 1 amide bonds. The number of nitrogens with two attached hydrogens (primary N) is 1. The number of fused-ring (bicyclic) bond motifs is 1. The Morgan fingerprint density at radius 2 is 1.91 bits per heavy atom. The fraction of sp³-hybridized carbons (Fsp3) is 0.739. The van der Waals surface area contributed by atoms with Crippen molar-refractivity contribution in [2.24, 2.45) is 5.92 Å². The molecule has 4 fully saturated rings. The van der Waals surface area contributed by atoms with Gasteiger partial charge in [0.05, 0.1) is 12.0 Å². The number of rotatable bonds is 5. The van der Waals surface area contributed by atoms with Gasteiger partial charge in [0.2, 0.25) is 5.95 Å². The second-order valence-electron chi connectivity index (χ2n) is 9.98. The number of carbonyl (C=O) groups excluding carboxylic acids is 1. The van der Waals surface area contributed by atoms with E-state index in [0.717, 1.165) is 70.5 Å². The van der Waals surface area contributed by atoms with Crippen LogP contribution in [0.4, 0.5) is 16.6 Å². The van der Waals surface area contributed by atoms with Crippen LogP contribution in [-0.4, -0.2) is 87.3 Å². The largest absolute Gasteiger partial charge is 0.481 e. The van der Waals surface area contributed by atoms with Crippen LogP contribution in [0.5, 0.6) is 0 Å². The van der Waals surface area contributed by atoms with E-state index in [1.807, 2.05) is 6.07 Å². The predicted molar refractivity (Wildman–Crippen MR) is 122 cm³/mol. The van der Waals surface area contributed by atoms with E-state index in [1.54, 1.807) is 6.20 Å². The molecule has 3 N–H and O–H groups in total. The van der Waals surface area contributed by atoms with Gasteiger partial charge in [-0.2, -0.15) is 4.98 Å². The summed E-state index contributed by atoms with van der Waals surface area (Å²) in [7, 11) is 0. The van der Waals surface area contributed by atoms with Crippen molar-refractivity contribution in [3.63, 3.8) is 0 Å². The van der Waals surface area contributed by atoms with E-state index in [-0.39, 0.29) is 30.0 Å². The van der Waals surface area contributed by atoms with E-state index in [0.29, 0.717) is 19.4 Å². The number of amides is 1. The summed E-state index contributed by atoms with van der Waals surface area (Å²) in [4.78, 5) is 39.4. The summed E-state index contributed by atoms with van der Waals surface area (Å²) in [5.74, 6) is 0.163. The zero-order valence-corrected chi connectivity index (χ0v) is 19.1. The number of carbonyl (C=O) groups is 2. The first-order valence-corrected chi connectivity index (χ1v) is 12.3. The third-order valence-electron chi connectivity index (χ3n) is 8.04. The predicted octanol–water partition coefficient (Wildman–Crippen LogP) is 1.96. The highest BCUT2D eigenvalue weighted by molar-refractivity contribution is 5.72. The number of anilines is 2. The molecular formula is C23H34N6O4. The van der Waals surface area contributed by atoms with Crippen LogP contribution in [0.25, 0.3) is 0 Å². The first-order valence-electron chi connectivity index (χ1n) is 12.3. The Kier molecular flexibility index (Phi) is 6.03. The number of aliphatic carboxylic acids is 1. The van der Waals surface area contributed by atoms with Gasteiger partial charge in [-0.05, 0) is 64.1 Å². The number of carboxylic acids is 1. The standard InChI is InChI=1S/C23H34N6O4/c24-21-25-10-4-19(26-21)28-13-7-17(8-14-28)29-18-3-1-2-9-23(18,33-22(29)32)15-27-11-5-16(6-12-27)20(30)31/h4,10,16-18H,1-3,5-9,11-15H2,(H,30,31)(H2,24,25,26). The molecule has 0 radical (unpaired) electrons. The third kappa shape index (κ3) is 4.32. The Balaban J connectivity index is 1.25. The average Bonchev–Trinajstić information content (AvgIpc) is 3.11. The van der Waals surface area contributed by atoms with Crippen molar-refractivity contribution in [1.82, 2.24) is 19.8 Å². The average molecular weight is 459 g/mol. The van der Waals surface area contributed by atoms with E-state index in [2.05, 4.69) is 24.7 Å². The zero-order valence-electron chi connectivity index (χ0n) is 19.1. The number of carboxylic acid groups (broad SMARTS) is 1. The van der Waals surface area contributed by atoms with Crippen molar-refractivity contribution >= 4 is 23.8 Å². The normalized spacial score (nSPS) is 29.7. The first kappa shape index (κ1) is 22.2. The Morgan fingerprint density at radius 3 is 2.61 bits per heavy atom. The SMILES string of the molecule is Nc1nccc(N2CCC(N3C(=O)OC4(CN5CCC(C(=O)O)CC5)CCCCC34)CC2)n1. The summed E-state index contributed by atoms with van der Waals surface area (Å²) in [6.45, 7) is 3.85. The highest BCUT2D eigenvalue weighted by Gasteiger charge is 2.57. The Morgan fingerprint density at radius 1 is 1.15 bits per heavy atom. The topological polar surface area (TPSA) is 125 Å². The number of piperidine rings is 2. The minimum atomic E-state index is -0.696. The lowest BCUT2D eigenvalue weighted by Gasteiger charge is -2.45. The van der Waals surface area contributed by atoms with Gasteiger partial charge in [-0.15, -0.1) is 0 Å². The van der Waals surface area contributed by atoms with Crippen LogP contribution in [-0.2, 0) is 9.53 Å². The summed E-state index contributed by atoms with van der Waals surface area (Å²) in [6, 6.07) is 2.14. The maximum absolute atomic E-state index is 13.2. The van der Waals surface area contributed by atoms with Crippen LogP contribution in [0, 0.1) is 5.92 Å². The van der Waals surface area contributed by atoms with Gasteiger partial charge in [-0.1, -0.05) is 6.42 Å².